The van der Waals surface area contributed by atoms with Crippen LogP contribution in [-0.4, -0.2) is 29.4 Å². The number of imide groups is 1. The van der Waals surface area contributed by atoms with Crippen LogP contribution in [0.25, 0.3) is 0 Å². The van der Waals surface area contributed by atoms with Crippen LogP contribution in [-0.2, 0) is 9.59 Å². The standard InChI is InChI=1S/C18H11F2N3O3/c19-10-6-4-9(5-7-10)16(24)14-13-15(22-21-14)18(26)23(17(13)25)12-3-1-2-11(20)8-12/h1-8,13,15,22H/t13-,15+/m1/s1. The van der Waals surface area contributed by atoms with Gasteiger partial charge < -0.3 is 0 Å². The Morgan fingerprint density at radius 1 is 1.00 bits per heavy atom. The molecule has 26 heavy (non-hydrogen) atoms. The molecule has 2 aliphatic heterocycles. The molecule has 1 N–H and O–H groups in total. The fourth-order valence-electron chi connectivity index (χ4n) is 3.10. The molecule has 0 radical (unpaired) electrons. The quantitative estimate of drug-likeness (QED) is 0.671. The molecule has 0 unspecified atom stereocenters. The zero-order chi connectivity index (χ0) is 18.4. The average molecular weight is 355 g/mol. The number of rotatable bonds is 3. The third-order valence-corrected chi connectivity index (χ3v) is 4.33. The Bertz CT molecular complexity index is 972. The van der Waals surface area contributed by atoms with Gasteiger partial charge in [-0.3, -0.25) is 19.8 Å². The molecule has 2 amide bonds. The van der Waals surface area contributed by atoms with Crippen molar-refractivity contribution in [3.05, 3.63) is 65.7 Å². The van der Waals surface area contributed by atoms with Gasteiger partial charge in [-0.25, -0.2) is 13.7 Å². The van der Waals surface area contributed by atoms with Crippen LogP contribution in [0.3, 0.4) is 0 Å². The van der Waals surface area contributed by atoms with E-state index >= 15 is 0 Å². The van der Waals surface area contributed by atoms with Gasteiger partial charge in [0.2, 0.25) is 11.7 Å². The summed E-state index contributed by atoms with van der Waals surface area (Å²) in [5, 5.41) is 3.85. The number of nitrogens with zero attached hydrogens (tertiary/aromatic N) is 2. The number of hydrazone groups is 1. The highest BCUT2D eigenvalue weighted by atomic mass is 19.1. The molecular weight excluding hydrogens is 344 g/mol. The minimum Gasteiger partial charge on any atom is -0.296 e. The van der Waals surface area contributed by atoms with Crippen molar-refractivity contribution in [3.63, 3.8) is 0 Å². The predicted molar refractivity (Wildman–Crippen MR) is 87.5 cm³/mol. The number of hydrogen-bond acceptors (Lipinski definition) is 5. The zero-order valence-electron chi connectivity index (χ0n) is 13.1. The smallest absolute Gasteiger partial charge is 0.259 e. The molecule has 4 rings (SSSR count). The van der Waals surface area contributed by atoms with Crippen molar-refractivity contribution in [2.24, 2.45) is 11.0 Å². The molecule has 0 aliphatic carbocycles. The van der Waals surface area contributed by atoms with Crippen LogP contribution in [0.2, 0.25) is 0 Å². The van der Waals surface area contributed by atoms with E-state index in [1.54, 1.807) is 0 Å². The molecule has 8 heteroatoms. The molecule has 2 aromatic carbocycles. The summed E-state index contributed by atoms with van der Waals surface area (Å²) in [5.41, 5.74) is 2.62. The Morgan fingerprint density at radius 3 is 2.42 bits per heavy atom. The van der Waals surface area contributed by atoms with E-state index in [9.17, 15) is 23.2 Å². The van der Waals surface area contributed by atoms with Crippen LogP contribution in [0, 0.1) is 17.6 Å². The van der Waals surface area contributed by atoms with Crippen LogP contribution < -0.4 is 10.3 Å². The van der Waals surface area contributed by atoms with Crippen LogP contribution in [0.5, 0.6) is 0 Å². The van der Waals surface area contributed by atoms with E-state index < -0.39 is 41.2 Å². The molecule has 2 heterocycles. The van der Waals surface area contributed by atoms with E-state index in [-0.39, 0.29) is 17.0 Å². The number of ketones is 1. The van der Waals surface area contributed by atoms with Gasteiger partial charge in [0.05, 0.1) is 5.69 Å². The number of Topliss-reactive ketones (excluding diaryl/α,β-unsaturated/α-hetero) is 1. The number of halogens is 2. The lowest BCUT2D eigenvalue weighted by Gasteiger charge is -2.15. The van der Waals surface area contributed by atoms with Crippen molar-refractivity contribution in [2.75, 3.05) is 4.90 Å². The summed E-state index contributed by atoms with van der Waals surface area (Å²) < 4.78 is 26.5. The van der Waals surface area contributed by atoms with Crippen molar-refractivity contribution >= 4 is 29.0 Å². The van der Waals surface area contributed by atoms with E-state index in [4.69, 9.17) is 0 Å². The van der Waals surface area contributed by atoms with Gasteiger partial charge in [0.15, 0.2) is 0 Å². The number of nitrogens with one attached hydrogen (secondary N) is 1. The topological polar surface area (TPSA) is 78.8 Å². The van der Waals surface area contributed by atoms with Crippen molar-refractivity contribution in [1.82, 2.24) is 5.43 Å². The van der Waals surface area contributed by atoms with E-state index in [1.165, 1.54) is 30.3 Å². The first-order chi connectivity index (χ1) is 12.5. The number of benzene rings is 2. The number of carbonyl (C=O) groups is 3. The summed E-state index contributed by atoms with van der Waals surface area (Å²) in [7, 11) is 0. The van der Waals surface area contributed by atoms with Gasteiger partial charge >= 0.3 is 0 Å². The zero-order valence-corrected chi connectivity index (χ0v) is 13.1. The van der Waals surface area contributed by atoms with Crippen molar-refractivity contribution < 1.29 is 23.2 Å². The van der Waals surface area contributed by atoms with Crippen molar-refractivity contribution in [1.29, 1.82) is 0 Å². The molecule has 1 saturated heterocycles. The van der Waals surface area contributed by atoms with Gasteiger partial charge in [-0.2, -0.15) is 5.10 Å². The molecule has 0 spiro atoms. The lowest BCUT2D eigenvalue weighted by atomic mass is 9.93. The predicted octanol–water partition coefficient (Wildman–Crippen LogP) is 1.66. The second-order valence-corrected chi connectivity index (χ2v) is 5.91. The SMILES string of the molecule is O=C(C1=NN[C@@H]2C(=O)N(c3cccc(F)c3)C(=O)[C@H]12)c1ccc(F)cc1. The average Bonchev–Trinajstić information content (AvgIpc) is 3.16. The molecule has 0 bridgehead atoms. The minimum atomic E-state index is -1.11. The van der Waals surface area contributed by atoms with Crippen LogP contribution in [0.1, 0.15) is 10.4 Å². The first-order valence-corrected chi connectivity index (χ1v) is 7.74. The van der Waals surface area contributed by atoms with Gasteiger partial charge in [-0.05, 0) is 42.5 Å². The number of carbonyl (C=O) groups excluding carboxylic acids is 3. The van der Waals surface area contributed by atoms with Crippen LogP contribution in [0.15, 0.2) is 53.6 Å². The number of anilines is 1. The van der Waals surface area contributed by atoms with Crippen LogP contribution >= 0.6 is 0 Å². The number of fused-ring (bicyclic) bond motifs is 1. The third kappa shape index (κ3) is 2.38. The third-order valence-electron chi connectivity index (χ3n) is 4.33. The highest BCUT2D eigenvalue weighted by Gasteiger charge is 2.55. The Kier molecular flexibility index (Phi) is 3.61. The van der Waals surface area contributed by atoms with Gasteiger partial charge in [0, 0.05) is 5.56 Å². The number of hydrogen-bond donors (Lipinski definition) is 1. The Labute approximate surface area is 146 Å². The molecule has 0 aromatic heterocycles. The largest absolute Gasteiger partial charge is 0.296 e. The molecule has 0 saturated carbocycles. The molecule has 6 nitrogen and oxygen atoms in total. The summed E-state index contributed by atoms with van der Waals surface area (Å²) in [6.45, 7) is 0. The van der Waals surface area contributed by atoms with E-state index in [0.717, 1.165) is 23.1 Å². The fourth-order valence-corrected chi connectivity index (χ4v) is 3.10. The van der Waals surface area contributed by atoms with Crippen molar-refractivity contribution in [3.8, 4) is 0 Å². The second kappa shape index (κ2) is 5.83. The Morgan fingerprint density at radius 2 is 1.73 bits per heavy atom. The lowest BCUT2D eigenvalue weighted by Crippen LogP contribution is -2.36. The maximum absolute atomic E-state index is 13.5. The van der Waals surface area contributed by atoms with Gasteiger partial charge in [0.25, 0.3) is 5.91 Å². The molecule has 2 aromatic rings. The van der Waals surface area contributed by atoms with Gasteiger partial charge in [0.1, 0.15) is 29.3 Å². The second-order valence-electron chi connectivity index (χ2n) is 5.91. The fraction of sp³-hybridized carbons (Fsp3) is 0.111. The summed E-state index contributed by atoms with van der Waals surface area (Å²) in [5.74, 6) is -4.06. The normalized spacial score (nSPS) is 21.5. The summed E-state index contributed by atoms with van der Waals surface area (Å²) >= 11 is 0. The Hall–Kier alpha value is -3.42. The Balaban J connectivity index is 1.66. The van der Waals surface area contributed by atoms with Gasteiger partial charge in [-0.1, -0.05) is 6.07 Å². The van der Waals surface area contributed by atoms with E-state index in [1.807, 2.05) is 0 Å². The summed E-state index contributed by atoms with van der Waals surface area (Å²) in [4.78, 5) is 38.8. The summed E-state index contributed by atoms with van der Waals surface area (Å²) in [6, 6.07) is 8.84. The lowest BCUT2D eigenvalue weighted by molar-refractivity contribution is -0.122. The van der Waals surface area contributed by atoms with Crippen molar-refractivity contribution in [2.45, 2.75) is 6.04 Å². The molecule has 130 valence electrons. The molecule has 2 atom stereocenters. The monoisotopic (exact) mass is 355 g/mol. The first kappa shape index (κ1) is 16.1. The van der Waals surface area contributed by atoms with E-state index in [0.29, 0.717) is 0 Å². The first-order valence-electron chi connectivity index (χ1n) is 7.74. The van der Waals surface area contributed by atoms with E-state index in [2.05, 4.69) is 10.5 Å². The highest BCUT2D eigenvalue weighted by molar-refractivity contribution is 6.52. The maximum Gasteiger partial charge on any atom is 0.259 e. The minimum absolute atomic E-state index is 0.0878. The number of amides is 2. The molecule has 2 aliphatic rings. The van der Waals surface area contributed by atoms with Crippen LogP contribution in [0.4, 0.5) is 14.5 Å². The summed E-state index contributed by atoms with van der Waals surface area (Å²) in [6.07, 6.45) is 0. The highest BCUT2D eigenvalue weighted by Crippen LogP contribution is 2.31. The maximum atomic E-state index is 13.5. The molecular formula is C18H11F2N3O3. The van der Waals surface area contributed by atoms with Gasteiger partial charge in [-0.15, -0.1) is 0 Å². The molecule has 1 fully saturated rings.